The van der Waals surface area contributed by atoms with Crippen LogP contribution in [0.25, 0.3) is 33.4 Å². The largest absolute Gasteiger partial charge is 0.464 e. The number of aromatic nitrogens is 3. The molecular formula is C47H58BrN9O6SSi. The van der Waals surface area contributed by atoms with Crippen LogP contribution in [-0.2, 0) is 43.2 Å². The molecule has 4 atom stereocenters. The van der Waals surface area contributed by atoms with E-state index in [9.17, 15) is 14.4 Å². The molecule has 3 aromatic heterocycles. The van der Waals surface area contributed by atoms with Crippen LogP contribution in [0.3, 0.4) is 0 Å². The Morgan fingerprint density at radius 3 is 2.58 bits per heavy atom. The number of nitrogens with one attached hydrogen (secondary N) is 1. The van der Waals surface area contributed by atoms with Crippen LogP contribution in [0.5, 0.6) is 0 Å². The van der Waals surface area contributed by atoms with E-state index in [0.717, 1.165) is 64.1 Å². The molecule has 18 heteroatoms. The fourth-order valence-electron chi connectivity index (χ4n) is 9.81. The van der Waals surface area contributed by atoms with Crippen molar-refractivity contribution in [3.8, 4) is 22.5 Å². The summed E-state index contributed by atoms with van der Waals surface area (Å²) >= 11 is 5.20. The number of ether oxygens (including phenoxy) is 2. The number of likely N-dealkylation sites (N-methyl/N-ethyl adjacent to an activating group) is 2. The first kappa shape index (κ1) is 45.7. The van der Waals surface area contributed by atoms with E-state index in [0.29, 0.717) is 43.1 Å². The summed E-state index contributed by atoms with van der Waals surface area (Å²) in [6, 6.07) is 9.80. The minimum absolute atomic E-state index is 0.0910. The van der Waals surface area contributed by atoms with Crippen LogP contribution in [0.2, 0.25) is 0 Å². The number of carbonyl (C=O) groups is 4. The number of fused-ring (bicyclic) bond motifs is 6. The second kappa shape index (κ2) is 17.6. The Kier molecular flexibility index (Phi) is 12.4. The van der Waals surface area contributed by atoms with Crippen LogP contribution in [0, 0.1) is 5.41 Å². The average molecular weight is 985 g/mol. The van der Waals surface area contributed by atoms with Crippen LogP contribution in [0.1, 0.15) is 76.3 Å². The maximum Gasteiger partial charge on any atom is 0.325 e. The number of pyridine rings is 1. The summed E-state index contributed by atoms with van der Waals surface area (Å²) in [5.74, 6) is -1.18. The van der Waals surface area contributed by atoms with E-state index in [2.05, 4.69) is 75.9 Å². The van der Waals surface area contributed by atoms with Gasteiger partial charge in [0.05, 0.1) is 28.7 Å². The number of thiazole rings is 1. The zero-order chi connectivity index (χ0) is 46.1. The number of hydrogen-bond acceptors (Lipinski definition) is 11. The normalized spacial score (nSPS) is 24.6. The van der Waals surface area contributed by atoms with Gasteiger partial charge in [0.1, 0.15) is 23.0 Å². The quantitative estimate of drug-likeness (QED) is 0.0806. The number of likely N-dealkylation sites (tertiary alicyclic amines) is 1. The van der Waals surface area contributed by atoms with E-state index in [-0.39, 0.29) is 63.9 Å². The smallest absolute Gasteiger partial charge is 0.325 e. The predicted octanol–water partition coefficient (Wildman–Crippen LogP) is 5.98. The highest BCUT2D eigenvalue weighted by Gasteiger charge is 2.65. The lowest BCUT2D eigenvalue weighted by Gasteiger charge is -2.44. The molecule has 1 N–H and O–H groups in total. The zero-order valence-corrected chi connectivity index (χ0v) is 41.8. The number of cyclic esters (lactones) is 1. The molecule has 65 heavy (non-hydrogen) atoms. The molecule has 6 bridgehead atoms. The molecule has 4 saturated heterocycles. The number of amides is 4. The van der Waals surface area contributed by atoms with Crippen molar-refractivity contribution < 1.29 is 28.7 Å². The van der Waals surface area contributed by atoms with Gasteiger partial charge in [-0.15, -0.1) is 11.3 Å². The number of esters is 1. The van der Waals surface area contributed by atoms with Crippen molar-refractivity contribution in [1.29, 1.82) is 0 Å². The van der Waals surface area contributed by atoms with Gasteiger partial charge in [0.25, 0.3) is 11.8 Å². The first-order valence-corrected chi connectivity index (χ1v) is 25.3. The third-order valence-electron chi connectivity index (χ3n) is 13.4. The number of benzene rings is 1. The van der Waals surface area contributed by atoms with E-state index >= 15 is 4.79 Å². The van der Waals surface area contributed by atoms with Gasteiger partial charge in [-0.1, -0.05) is 35.8 Å². The minimum Gasteiger partial charge on any atom is -0.464 e. The molecule has 1 spiro atoms. The third-order valence-corrected chi connectivity index (χ3v) is 16.5. The number of halogens is 1. The molecule has 0 saturated carbocycles. The molecule has 15 nitrogen and oxygen atoms in total. The van der Waals surface area contributed by atoms with E-state index in [1.165, 1.54) is 21.2 Å². The second-order valence-corrected chi connectivity index (χ2v) is 23.0. The van der Waals surface area contributed by atoms with E-state index in [1.54, 1.807) is 16.5 Å². The lowest BCUT2D eigenvalue weighted by molar-refractivity contribution is -0.155. The van der Waals surface area contributed by atoms with Crippen molar-refractivity contribution in [2.75, 3.05) is 54.0 Å². The summed E-state index contributed by atoms with van der Waals surface area (Å²) in [4.78, 5) is 72.8. The third kappa shape index (κ3) is 8.47. The Bertz CT molecular complexity index is 2580. The van der Waals surface area contributed by atoms with Crippen molar-refractivity contribution in [3.05, 3.63) is 69.4 Å². The maximum atomic E-state index is 15.1. The average Bonchev–Trinajstić information content (AvgIpc) is 3.59. The number of hydrazine groups is 1. The molecule has 5 aliphatic heterocycles. The van der Waals surface area contributed by atoms with E-state index < -0.39 is 28.5 Å². The summed E-state index contributed by atoms with van der Waals surface area (Å²) in [6.07, 6.45) is 4.82. The van der Waals surface area contributed by atoms with Crippen molar-refractivity contribution >= 4 is 71.7 Å². The number of urea groups is 1. The molecule has 8 heterocycles. The number of nitrogens with zero attached hydrogens (tertiary/aromatic N) is 8. The van der Waals surface area contributed by atoms with E-state index in [1.807, 2.05) is 45.6 Å². The topological polar surface area (TPSA) is 145 Å². The van der Waals surface area contributed by atoms with Gasteiger partial charge in [0.2, 0.25) is 9.68 Å². The zero-order valence-electron chi connectivity index (χ0n) is 38.4. The van der Waals surface area contributed by atoms with Crippen LogP contribution < -0.4 is 5.43 Å². The van der Waals surface area contributed by atoms with Gasteiger partial charge >= 0.3 is 12.0 Å². The number of alkyl halides is 1. The number of carbonyl (C=O) groups excluding carboxylic acids is 4. The highest BCUT2D eigenvalue weighted by atomic mass is 79.9. The minimum atomic E-state index is -1.29. The van der Waals surface area contributed by atoms with Crippen molar-refractivity contribution in [2.45, 2.75) is 101 Å². The van der Waals surface area contributed by atoms with Crippen molar-refractivity contribution in [1.82, 2.24) is 44.2 Å². The molecule has 344 valence electrons. The summed E-state index contributed by atoms with van der Waals surface area (Å²) in [6.45, 7) is 13.0. The van der Waals surface area contributed by atoms with Gasteiger partial charge in [-0.05, 0) is 96.0 Å². The van der Waals surface area contributed by atoms with Gasteiger partial charge in [-0.25, -0.2) is 15.2 Å². The highest BCUT2D eigenvalue weighted by molar-refractivity contribution is 9.09. The van der Waals surface area contributed by atoms with Crippen LogP contribution >= 0.6 is 27.3 Å². The summed E-state index contributed by atoms with van der Waals surface area (Å²) < 4.78 is 16.4. The molecule has 9 rings (SSSR count). The second-order valence-electron chi connectivity index (χ2n) is 19.2. The molecule has 4 aromatic rings. The Morgan fingerprint density at radius 2 is 1.88 bits per heavy atom. The number of allylic oxidation sites excluding steroid dienone is 1. The Labute approximate surface area is 395 Å². The standard InChI is InChI=1S/C47H58BrN9O6SSi/c1-9-55-36-15-14-28-18-32(36)33(41(55)31-12-10-16-49-39(31)37-13-11-17-62-37)20-46(4,5)26-63-43(59)34-19-29(48)22-56(51-34)44(60)47(21-38-50-35(28)25-64-38)57(65-47)42(58)40(27(2)3)53(8)45(61)54-23-30(24-54)52(6)7/h10,12,14-16,18,25,29-30,34,37,51H,9,11,13,17,19-24,26H2,1-8H3/t29?,34-,37-,47?,57?/m0/s1. The van der Waals surface area contributed by atoms with Gasteiger partial charge in [0.15, 0.2) is 0 Å². The van der Waals surface area contributed by atoms with Crippen LogP contribution in [-0.4, -0.2) is 148 Å². The lowest BCUT2D eigenvalue weighted by Crippen LogP contribution is -2.62. The molecular weight excluding hydrogens is 927 g/mol. The first-order valence-electron chi connectivity index (χ1n) is 22.5. The monoisotopic (exact) mass is 983 g/mol. The lowest BCUT2D eigenvalue weighted by atomic mass is 9.84. The van der Waals surface area contributed by atoms with Gasteiger partial charge in [-0.2, -0.15) is 0 Å². The van der Waals surface area contributed by atoms with Crippen molar-refractivity contribution in [2.24, 2.45) is 5.41 Å². The summed E-state index contributed by atoms with van der Waals surface area (Å²) in [7, 11) is 5.38. The molecule has 1 aromatic carbocycles. The number of aryl methyl sites for hydroxylation is 1. The fourth-order valence-corrected chi connectivity index (χ4v) is 12.8. The van der Waals surface area contributed by atoms with Crippen LogP contribution in [0.15, 0.2) is 53.2 Å². The predicted molar refractivity (Wildman–Crippen MR) is 254 cm³/mol. The maximum absolute atomic E-state index is 15.1. The molecule has 2 radical (unpaired) electrons. The van der Waals surface area contributed by atoms with Gasteiger partial charge < -0.3 is 28.4 Å². The molecule has 0 aliphatic carbocycles. The molecule has 4 amide bonds. The Morgan fingerprint density at radius 1 is 1.09 bits per heavy atom. The molecule has 4 fully saturated rings. The first-order chi connectivity index (χ1) is 31.0. The highest BCUT2D eigenvalue weighted by Crippen LogP contribution is 2.44. The fraction of sp³-hybridized carbons (Fsp3) is 0.532. The SMILES string of the molecule is CCn1c(-c2cccnc2[C@@H]2CCCO2)c2c3cc(ccc31)-c1csc(n1)CC1([Si]N1C(=O)C(=C(C)C)N(C)C(=O)N1CC(N(C)C)C1)C(=O)N1CC(Br)C[C@H](N1)C(=O)OCC(C)(C)C2. The van der Waals surface area contributed by atoms with Gasteiger partial charge in [0, 0.05) is 96.1 Å². The van der Waals surface area contributed by atoms with Gasteiger partial charge in [-0.3, -0.25) is 29.3 Å². The number of hydrogen-bond donors (Lipinski definition) is 1. The summed E-state index contributed by atoms with van der Waals surface area (Å²) in [5.41, 5.74) is 10.6. The summed E-state index contributed by atoms with van der Waals surface area (Å²) in [5, 5.41) is 3.99. The Hall–Kier alpha value is -4.46. The van der Waals surface area contributed by atoms with Crippen LogP contribution in [0.4, 0.5) is 4.79 Å². The Balaban J connectivity index is 1.12. The molecule has 2 unspecified atom stereocenters. The number of rotatable bonds is 6. The van der Waals surface area contributed by atoms with Crippen molar-refractivity contribution in [3.63, 3.8) is 0 Å². The molecule has 5 aliphatic rings. The van der Waals surface area contributed by atoms with E-state index in [4.69, 9.17) is 19.4 Å².